The van der Waals surface area contributed by atoms with Crippen molar-refractivity contribution in [1.82, 2.24) is 4.90 Å². The molecule has 116 valence electrons. The molecule has 1 heterocycles. The number of anilines is 1. The number of carbonyl (C=O) groups excluding carboxylic acids is 1. The van der Waals surface area contributed by atoms with E-state index in [1.165, 1.54) is 5.56 Å². The normalized spacial score (nSPS) is 15.8. The highest BCUT2D eigenvalue weighted by atomic mass is 16.6. The molecule has 1 fully saturated rings. The van der Waals surface area contributed by atoms with Gasteiger partial charge in [0.05, 0.1) is 6.04 Å². The van der Waals surface area contributed by atoms with Crippen LogP contribution < -0.4 is 5.32 Å². The average Bonchev–Trinajstić information content (AvgIpc) is 2.31. The van der Waals surface area contributed by atoms with E-state index < -0.39 is 5.60 Å². The van der Waals surface area contributed by atoms with Gasteiger partial charge in [-0.1, -0.05) is 26.0 Å². The monoisotopic (exact) mass is 290 g/mol. The zero-order chi connectivity index (χ0) is 15.6. The van der Waals surface area contributed by atoms with E-state index in [0.717, 1.165) is 5.69 Å². The van der Waals surface area contributed by atoms with Gasteiger partial charge in [0.15, 0.2) is 0 Å². The molecule has 1 amide bonds. The molecular formula is C17H26N2O2. The summed E-state index contributed by atoms with van der Waals surface area (Å²) in [5, 5.41) is 3.47. The summed E-state index contributed by atoms with van der Waals surface area (Å²) in [6, 6.07) is 8.77. The molecule has 0 aliphatic carbocycles. The number of likely N-dealkylation sites (tertiary alicyclic amines) is 1. The molecule has 1 saturated heterocycles. The van der Waals surface area contributed by atoms with E-state index in [1.807, 2.05) is 20.8 Å². The summed E-state index contributed by atoms with van der Waals surface area (Å²) in [5.74, 6) is 0.520. The van der Waals surface area contributed by atoms with Gasteiger partial charge >= 0.3 is 6.09 Å². The van der Waals surface area contributed by atoms with E-state index in [9.17, 15) is 4.79 Å². The van der Waals surface area contributed by atoms with Gasteiger partial charge in [-0.25, -0.2) is 4.79 Å². The summed E-state index contributed by atoms with van der Waals surface area (Å²) in [4.78, 5) is 13.6. The summed E-state index contributed by atoms with van der Waals surface area (Å²) < 4.78 is 5.35. The Labute approximate surface area is 127 Å². The molecule has 0 atom stereocenters. The minimum absolute atomic E-state index is 0.225. The fourth-order valence-corrected chi connectivity index (χ4v) is 2.27. The van der Waals surface area contributed by atoms with Crippen molar-refractivity contribution in [3.8, 4) is 0 Å². The number of nitrogens with one attached hydrogen (secondary N) is 1. The zero-order valence-electron chi connectivity index (χ0n) is 13.6. The second-order valence-electron chi connectivity index (χ2n) is 7.01. The van der Waals surface area contributed by atoms with Gasteiger partial charge in [0, 0.05) is 18.8 Å². The number of carbonyl (C=O) groups is 1. The number of amides is 1. The summed E-state index contributed by atoms with van der Waals surface area (Å²) in [5.41, 5.74) is 2.01. The van der Waals surface area contributed by atoms with Gasteiger partial charge < -0.3 is 15.0 Å². The number of hydrogen-bond donors (Lipinski definition) is 1. The van der Waals surface area contributed by atoms with Crippen LogP contribution in [0.3, 0.4) is 0 Å². The number of ether oxygens (including phenoxy) is 1. The average molecular weight is 290 g/mol. The highest BCUT2D eigenvalue weighted by Crippen LogP contribution is 2.22. The molecule has 0 unspecified atom stereocenters. The highest BCUT2D eigenvalue weighted by molar-refractivity contribution is 5.69. The molecule has 4 nitrogen and oxygen atoms in total. The standard InChI is InChI=1S/C17H26N2O2/c1-12(2)13-7-6-8-14(9-13)18-15-10-19(11-15)16(20)21-17(3,4)5/h6-9,12,15,18H,10-11H2,1-5H3. The molecule has 0 aromatic heterocycles. The van der Waals surface area contributed by atoms with Gasteiger partial charge in [-0.05, 0) is 44.4 Å². The highest BCUT2D eigenvalue weighted by Gasteiger charge is 2.33. The van der Waals surface area contributed by atoms with Crippen molar-refractivity contribution < 1.29 is 9.53 Å². The van der Waals surface area contributed by atoms with Crippen molar-refractivity contribution in [2.24, 2.45) is 0 Å². The summed E-state index contributed by atoms with van der Waals surface area (Å²) >= 11 is 0. The topological polar surface area (TPSA) is 41.6 Å². The predicted octanol–water partition coefficient (Wildman–Crippen LogP) is 3.84. The van der Waals surface area contributed by atoms with Crippen molar-refractivity contribution in [2.45, 2.75) is 52.2 Å². The number of benzene rings is 1. The van der Waals surface area contributed by atoms with Crippen molar-refractivity contribution in [1.29, 1.82) is 0 Å². The zero-order valence-corrected chi connectivity index (χ0v) is 13.6. The first kappa shape index (κ1) is 15.7. The maximum Gasteiger partial charge on any atom is 0.410 e. The molecule has 2 rings (SSSR count). The van der Waals surface area contributed by atoms with Crippen LogP contribution >= 0.6 is 0 Å². The fraction of sp³-hybridized carbons (Fsp3) is 0.588. The molecule has 0 saturated carbocycles. The smallest absolute Gasteiger partial charge is 0.410 e. The van der Waals surface area contributed by atoms with Crippen LogP contribution in [0, 0.1) is 0 Å². The Hall–Kier alpha value is -1.71. The van der Waals surface area contributed by atoms with Crippen LogP contribution in [-0.4, -0.2) is 35.7 Å². The van der Waals surface area contributed by atoms with E-state index in [0.29, 0.717) is 25.0 Å². The van der Waals surface area contributed by atoms with Gasteiger partial charge in [0.2, 0.25) is 0 Å². The van der Waals surface area contributed by atoms with Crippen molar-refractivity contribution in [3.05, 3.63) is 29.8 Å². The van der Waals surface area contributed by atoms with Crippen molar-refractivity contribution >= 4 is 11.8 Å². The van der Waals surface area contributed by atoms with Gasteiger partial charge in [-0.15, -0.1) is 0 Å². The van der Waals surface area contributed by atoms with Gasteiger partial charge in [-0.2, -0.15) is 0 Å². The lowest BCUT2D eigenvalue weighted by molar-refractivity contribution is 0.0105. The fourth-order valence-electron chi connectivity index (χ4n) is 2.27. The molecule has 21 heavy (non-hydrogen) atoms. The Balaban J connectivity index is 1.83. The number of hydrogen-bond acceptors (Lipinski definition) is 3. The summed E-state index contributed by atoms with van der Waals surface area (Å²) in [6.07, 6.45) is -0.225. The quantitative estimate of drug-likeness (QED) is 0.919. The molecule has 1 aliphatic heterocycles. The molecule has 0 bridgehead atoms. The molecule has 4 heteroatoms. The Morgan fingerprint density at radius 3 is 2.57 bits per heavy atom. The van der Waals surface area contributed by atoms with E-state index in [1.54, 1.807) is 4.90 Å². The van der Waals surface area contributed by atoms with Crippen LogP contribution in [0.25, 0.3) is 0 Å². The van der Waals surface area contributed by atoms with Crippen molar-refractivity contribution in [2.75, 3.05) is 18.4 Å². The van der Waals surface area contributed by atoms with Crippen LogP contribution in [0.4, 0.5) is 10.5 Å². The first-order valence-electron chi connectivity index (χ1n) is 7.59. The molecule has 1 aliphatic rings. The van der Waals surface area contributed by atoms with Gasteiger partial charge in [0.25, 0.3) is 0 Å². The van der Waals surface area contributed by atoms with Gasteiger partial charge in [0.1, 0.15) is 5.60 Å². The predicted molar refractivity (Wildman–Crippen MR) is 85.7 cm³/mol. The third kappa shape index (κ3) is 4.38. The maximum absolute atomic E-state index is 11.9. The first-order chi connectivity index (χ1) is 9.74. The Morgan fingerprint density at radius 1 is 1.33 bits per heavy atom. The third-order valence-electron chi connectivity index (χ3n) is 3.46. The van der Waals surface area contributed by atoms with E-state index in [2.05, 4.69) is 43.4 Å². The van der Waals surface area contributed by atoms with E-state index >= 15 is 0 Å². The first-order valence-corrected chi connectivity index (χ1v) is 7.59. The lowest BCUT2D eigenvalue weighted by Crippen LogP contribution is -2.57. The second-order valence-corrected chi connectivity index (χ2v) is 7.01. The number of nitrogens with zero attached hydrogens (tertiary/aromatic N) is 1. The number of rotatable bonds is 3. The largest absolute Gasteiger partial charge is 0.444 e. The van der Waals surface area contributed by atoms with Crippen LogP contribution in [0.15, 0.2) is 24.3 Å². The lowest BCUT2D eigenvalue weighted by atomic mass is 10.0. The molecule has 1 aromatic carbocycles. The van der Waals surface area contributed by atoms with E-state index in [-0.39, 0.29) is 6.09 Å². The lowest BCUT2D eigenvalue weighted by Gasteiger charge is -2.40. The van der Waals surface area contributed by atoms with Crippen molar-refractivity contribution in [3.63, 3.8) is 0 Å². The molecule has 0 spiro atoms. The minimum Gasteiger partial charge on any atom is -0.444 e. The Bertz CT molecular complexity index is 500. The van der Waals surface area contributed by atoms with Gasteiger partial charge in [-0.3, -0.25) is 0 Å². The van der Waals surface area contributed by atoms with Crippen LogP contribution in [0.1, 0.15) is 46.1 Å². The van der Waals surface area contributed by atoms with E-state index in [4.69, 9.17) is 4.74 Å². The van der Waals surface area contributed by atoms with Crippen LogP contribution in [0.2, 0.25) is 0 Å². The second kappa shape index (κ2) is 5.96. The molecular weight excluding hydrogens is 264 g/mol. The summed E-state index contributed by atoms with van der Waals surface area (Å²) in [6.45, 7) is 11.4. The molecule has 1 N–H and O–H groups in total. The molecule has 0 radical (unpaired) electrons. The Morgan fingerprint density at radius 2 is 2.00 bits per heavy atom. The Kier molecular flexibility index (Phi) is 4.45. The third-order valence-corrected chi connectivity index (χ3v) is 3.46. The molecule has 1 aromatic rings. The summed E-state index contributed by atoms with van der Waals surface area (Å²) in [7, 11) is 0. The SMILES string of the molecule is CC(C)c1cccc(NC2CN(C(=O)OC(C)(C)C)C2)c1. The van der Waals surface area contributed by atoms with Crippen LogP contribution in [-0.2, 0) is 4.74 Å². The minimum atomic E-state index is -0.429. The van der Waals surface area contributed by atoms with Crippen LogP contribution in [0.5, 0.6) is 0 Å². The maximum atomic E-state index is 11.9.